The van der Waals surface area contributed by atoms with Gasteiger partial charge in [-0.05, 0) is 43.9 Å². The number of rotatable bonds is 6. The zero-order valence-corrected chi connectivity index (χ0v) is 14.2. The van der Waals surface area contributed by atoms with Crippen LogP contribution in [0.2, 0.25) is 0 Å². The summed E-state index contributed by atoms with van der Waals surface area (Å²) in [6.07, 6.45) is 0. The van der Waals surface area contributed by atoms with Crippen molar-refractivity contribution < 1.29 is 9.13 Å². The quantitative estimate of drug-likeness (QED) is 0.631. The van der Waals surface area contributed by atoms with Gasteiger partial charge in [0.1, 0.15) is 11.6 Å². The molecule has 2 aromatic carbocycles. The molecular weight excluding hydrogens is 307 g/mol. The number of methoxy groups -OCH3 is 1. The third kappa shape index (κ3) is 4.96. The number of halogens is 1. The highest BCUT2D eigenvalue weighted by Crippen LogP contribution is 2.22. The number of ether oxygens (including phenoxy) is 1. The Labute approximate surface area is 142 Å². The average molecular weight is 330 g/mol. The van der Waals surface area contributed by atoms with Crippen LogP contribution < -0.4 is 15.8 Å². The predicted molar refractivity (Wildman–Crippen MR) is 95.7 cm³/mol. The van der Waals surface area contributed by atoms with Crippen LogP contribution in [0.4, 0.5) is 10.1 Å². The van der Waals surface area contributed by atoms with Gasteiger partial charge in [0, 0.05) is 12.1 Å². The summed E-state index contributed by atoms with van der Waals surface area (Å²) < 4.78 is 19.0. The van der Waals surface area contributed by atoms with E-state index in [1.165, 1.54) is 6.07 Å². The molecule has 0 unspecified atom stereocenters. The van der Waals surface area contributed by atoms with Gasteiger partial charge >= 0.3 is 0 Å². The third-order valence-electron chi connectivity index (χ3n) is 3.40. The highest BCUT2D eigenvalue weighted by molar-refractivity contribution is 5.93. The minimum Gasteiger partial charge on any atom is -0.495 e. The van der Waals surface area contributed by atoms with Crippen molar-refractivity contribution in [1.29, 1.82) is 0 Å². The van der Waals surface area contributed by atoms with Gasteiger partial charge in [0.25, 0.3) is 0 Å². The van der Waals surface area contributed by atoms with Crippen LogP contribution in [0.5, 0.6) is 5.75 Å². The summed E-state index contributed by atoms with van der Waals surface area (Å²) in [5, 5.41) is 3.01. The molecule has 0 fully saturated rings. The molecule has 0 saturated carbocycles. The summed E-state index contributed by atoms with van der Waals surface area (Å²) in [6.45, 7) is 0.910. The first-order valence-electron chi connectivity index (χ1n) is 7.61. The summed E-state index contributed by atoms with van der Waals surface area (Å²) in [7, 11) is 5.40. The molecule has 0 radical (unpaired) electrons. The minimum atomic E-state index is -0.212. The second kappa shape index (κ2) is 8.31. The third-order valence-corrected chi connectivity index (χ3v) is 3.40. The van der Waals surface area contributed by atoms with Crippen LogP contribution >= 0.6 is 0 Å². The Balaban J connectivity index is 2.07. The number of hydrogen-bond acceptors (Lipinski definition) is 3. The molecule has 3 N–H and O–H groups in total. The molecule has 128 valence electrons. The topological polar surface area (TPSA) is 62.9 Å². The Kier molecular flexibility index (Phi) is 6.14. The molecule has 0 aliphatic heterocycles. The van der Waals surface area contributed by atoms with Crippen molar-refractivity contribution >= 4 is 11.6 Å². The van der Waals surface area contributed by atoms with E-state index in [0.717, 1.165) is 11.3 Å². The molecule has 0 aliphatic rings. The fourth-order valence-corrected chi connectivity index (χ4v) is 2.29. The maximum absolute atomic E-state index is 13.8. The molecule has 24 heavy (non-hydrogen) atoms. The van der Waals surface area contributed by atoms with Crippen LogP contribution in [0.3, 0.4) is 0 Å². The SMILES string of the molecule is COc1ccccc1NC(N)=NCc1ccc(F)c(CN(C)C)c1. The van der Waals surface area contributed by atoms with Crippen molar-refractivity contribution in [2.24, 2.45) is 10.7 Å². The molecule has 0 heterocycles. The molecule has 0 aromatic heterocycles. The summed E-state index contributed by atoms with van der Waals surface area (Å²) in [4.78, 5) is 6.23. The molecule has 0 aliphatic carbocycles. The molecule has 2 rings (SSSR count). The highest BCUT2D eigenvalue weighted by Gasteiger charge is 2.06. The highest BCUT2D eigenvalue weighted by atomic mass is 19.1. The number of nitrogens with one attached hydrogen (secondary N) is 1. The van der Waals surface area contributed by atoms with Crippen molar-refractivity contribution in [2.75, 3.05) is 26.5 Å². The van der Waals surface area contributed by atoms with Gasteiger partial charge < -0.3 is 20.7 Å². The number of guanidine groups is 1. The first kappa shape index (κ1) is 17.7. The molecule has 2 aromatic rings. The van der Waals surface area contributed by atoms with E-state index in [0.29, 0.717) is 24.4 Å². The Bertz CT molecular complexity index is 716. The van der Waals surface area contributed by atoms with Gasteiger partial charge in [-0.25, -0.2) is 9.38 Å². The number of nitrogens with two attached hydrogens (primary N) is 1. The van der Waals surface area contributed by atoms with Crippen LogP contribution in [0.15, 0.2) is 47.5 Å². The first-order valence-corrected chi connectivity index (χ1v) is 7.61. The zero-order valence-electron chi connectivity index (χ0n) is 14.2. The monoisotopic (exact) mass is 330 g/mol. The lowest BCUT2D eigenvalue weighted by Gasteiger charge is -2.12. The van der Waals surface area contributed by atoms with E-state index in [1.807, 2.05) is 49.3 Å². The van der Waals surface area contributed by atoms with Gasteiger partial charge in [0.15, 0.2) is 5.96 Å². The number of aliphatic imine (C=N–C) groups is 1. The number of nitrogens with zero attached hydrogens (tertiary/aromatic N) is 2. The van der Waals surface area contributed by atoms with E-state index in [1.54, 1.807) is 13.2 Å². The zero-order chi connectivity index (χ0) is 17.5. The van der Waals surface area contributed by atoms with Crippen molar-refractivity contribution in [2.45, 2.75) is 13.1 Å². The molecular formula is C18H23FN4O. The fraction of sp³-hybridized carbons (Fsp3) is 0.278. The molecule has 0 spiro atoms. The van der Waals surface area contributed by atoms with E-state index in [2.05, 4.69) is 10.3 Å². The number of anilines is 1. The van der Waals surface area contributed by atoms with Crippen LogP contribution in [-0.4, -0.2) is 32.1 Å². The van der Waals surface area contributed by atoms with Crippen LogP contribution in [-0.2, 0) is 13.1 Å². The maximum atomic E-state index is 13.8. The molecule has 0 atom stereocenters. The van der Waals surface area contributed by atoms with Crippen molar-refractivity contribution in [3.8, 4) is 5.75 Å². The van der Waals surface area contributed by atoms with Crippen molar-refractivity contribution in [1.82, 2.24) is 4.90 Å². The Morgan fingerprint density at radius 3 is 2.71 bits per heavy atom. The Hall–Kier alpha value is -2.60. The smallest absolute Gasteiger partial charge is 0.193 e. The number of hydrogen-bond donors (Lipinski definition) is 2. The van der Waals surface area contributed by atoms with Gasteiger partial charge in [0.05, 0.1) is 19.3 Å². The summed E-state index contributed by atoms with van der Waals surface area (Å²) >= 11 is 0. The lowest BCUT2D eigenvalue weighted by Crippen LogP contribution is -2.23. The normalized spacial score (nSPS) is 11.6. The number of para-hydroxylation sites is 2. The first-order chi connectivity index (χ1) is 11.5. The number of benzene rings is 2. The molecule has 0 saturated heterocycles. The van der Waals surface area contributed by atoms with E-state index in [-0.39, 0.29) is 11.8 Å². The van der Waals surface area contributed by atoms with E-state index in [4.69, 9.17) is 10.5 Å². The molecule has 0 amide bonds. The average Bonchev–Trinajstić information content (AvgIpc) is 2.55. The molecule has 0 bridgehead atoms. The summed E-state index contributed by atoms with van der Waals surface area (Å²) in [5.74, 6) is 0.750. The van der Waals surface area contributed by atoms with E-state index < -0.39 is 0 Å². The van der Waals surface area contributed by atoms with Crippen LogP contribution in [0.1, 0.15) is 11.1 Å². The summed E-state index contributed by atoms with van der Waals surface area (Å²) in [5.41, 5.74) is 8.21. The maximum Gasteiger partial charge on any atom is 0.193 e. The second-order valence-electron chi connectivity index (χ2n) is 5.69. The van der Waals surface area contributed by atoms with Crippen LogP contribution in [0, 0.1) is 5.82 Å². The van der Waals surface area contributed by atoms with Gasteiger partial charge in [-0.2, -0.15) is 0 Å². The lowest BCUT2D eigenvalue weighted by atomic mass is 10.1. The molecule has 6 heteroatoms. The van der Waals surface area contributed by atoms with Gasteiger partial charge in [-0.15, -0.1) is 0 Å². The van der Waals surface area contributed by atoms with Crippen LogP contribution in [0.25, 0.3) is 0 Å². The Morgan fingerprint density at radius 2 is 2.00 bits per heavy atom. The fourth-order valence-electron chi connectivity index (χ4n) is 2.29. The van der Waals surface area contributed by atoms with E-state index in [9.17, 15) is 4.39 Å². The van der Waals surface area contributed by atoms with Crippen molar-refractivity contribution in [3.63, 3.8) is 0 Å². The van der Waals surface area contributed by atoms with Gasteiger partial charge in [0.2, 0.25) is 0 Å². The standard InChI is InChI=1S/C18H23FN4O/c1-23(2)12-14-10-13(8-9-15(14)19)11-21-18(20)22-16-6-4-5-7-17(16)24-3/h4-10H,11-12H2,1-3H3,(H3,20,21,22). The molecule has 5 nitrogen and oxygen atoms in total. The lowest BCUT2D eigenvalue weighted by molar-refractivity contribution is 0.392. The second-order valence-corrected chi connectivity index (χ2v) is 5.69. The largest absolute Gasteiger partial charge is 0.495 e. The van der Waals surface area contributed by atoms with Crippen molar-refractivity contribution in [3.05, 3.63) is 59.4 Å². The predicted octanol–water partition coefficient (Wildman–Crippen LogP) is 2.82. The van der Waals surface area contributed by atoms with E-state index >= 15 is 0 Å². The van der Waals surface area contributed by atoms with Gasteiger partial charge in [-0.1, -0.05) is 18.2 Å². The van der Waals surface area contributed by atoms with Gasteiger partial charge in [-0.3, -0.25) is 0 Å². The Morgan fingerprint density at radius 1 is 1.25 bits per heavy atom. The minimum absolute atomic E-state index is 0.212. The summed E-state index contributed by atoms with van der Waals surface area (Å²) in [6, 6.07) is 12.4.